The van der Waals surface area contributed by atoms with Crippen molar-refractivity contribution in [3.05, 3.63) is 22.1 Å². The summed E-state index contributed by atoms with van der Waals surface area (Å²) in [5, 5.41) is 5.08. The molecule has 0 spiro atoms. The summed E-state index contributed by atoms with van der Waals surface area (Å²) in [4.78, 5) is 14.8. The van der Waals surface area contributed by atoms with Crippen molar-refractivity contribution < 1.29 is 0 Å². The van der Waals surface area contributed by atoms with E-state index in [2.05, 4.69) is 15.2 Å². The fourth-order valence-corrected chi connectivity index (χ4v) is 0.998. The summed E-state index contributed by atoms with van der Waals surface area (Å²) in [6.07, 6.45) is 3.09. The molecule has 6 nitrogen and oxygen atoms in total. The second kappa shape index (κ2) is 4.34. The maximum atomic E-state index is 11.0. The maximum Gasteiger partial charge on any atom is 0.267 e. The van der Waals surface area contributed by atoms with Gasteiger partial charge in [-0.25, -0.2) is 0 Å². The van der Waals surface area contributed by atoms with E-state index in [1.165, 1.54) is 0 Å². The minimum Gasteiger partial charge on any atom is -0.370 e. The average Bonchev–Trinajstić information content (AvgIpc) is 2.45. The Kier molecular flexibility index (Phi) is 3.13. The van der Waals surface area contributed by atoms with Crippen LogP contribution in [-0.4, -0.2) is 22.7 Å². The van der Waals surface area contributed by atoms with E-state index < -0.39 is 0 Å². The summed E-state index contributed by atoms with van der Waals surface area (Å²) >= 11 is 0. The van der Waals surface area contributed by atoms with Crippen molar-refractivity contribution in [2.45, 2.75) is 12.8 Å². The van der Waals surface area contributed by atoms with Crippen LogP contribution in [0.15, 0.2) is 16.0 Å². The number of H-pyrrole nitrogens is 2. The minimum atomic E-state index is -0.0790. The van der Waals surface area contributed by atoms with Crippen LogP contribution in [0.5, 0.6) is 0 Å². The van der Waals surface area contributed by atoms with Gasteiger partial charge in [0.15, 0.2) is 5.96 Å². The van der Waals surface area contributed by atoms with Gasteiger partial charge in [0.25, 0.3) is 5.56 Å². The molecule has 0 fully saturated rings. The summed E-state index contributed by atoms with van der Waals surface area (Å²) in [5.74, 6) is 0.0861. The largest absolute Gasteiger partial charge is 0.370 e. The second-order valence-electron chi connectivity index (χ2n) is 2.68. The molecule has 0 aliphatic carbocycles. The Balaban J connectivity index is 2.32. The molecule has 0 radical (unpaired) electrons. The normalized spacial score (nSPS) is 9.85. The number of aromatic amines is 2. The standard InChI is InChI=1S/C7H13N5O/c8-7(9)10-3-1-2-5-4-11-12-6(5)13/h4H,1-3H2,(H4,8,9,10)(H2,11,12,13). The molecule has 1 heterocycles. The molecule has 13 heavy (non-hydrogen) atoms. The molecule has 72 valence electrons. The van der Waals surface area contributed by atoms with Gasteiger partial charge in [0.2, 0.25) is 0 Å². The van der Waals surface area contributed by atoms with E-state index in [9.17, 15) is 4.79 Å². The first-order chi connectivity index (χ1) is 6.20. The van der Waals surface area contributed by atoms with Crippen molar-refractivity contribution in [2.75, 3.05) is 6.54 Å². The quantitative estimate of drug-likeness (QED) is 0.270. The van der Waals surface area contributed by atoms with Crippen LogP contribution in [0.3, 0.4) is 0 Å². The third-order valence-corrected chi connectivity index (χ3v) is 1.62. The zero-order valence-corrected chi connectivity index (χ0v) is 7.21. The lowest BCUT2D eigenvalue weighted by Gasteiger charge is -1.93. The summed E-state index contributed by atoms with van der Waals surface area (Å²) in [7, 11) is 0. The fourth-order valence-electron chi connectivity index (χ4n) is 0.998. The van der Waals surface area contributed by atoms with Crippen LogP contribution in [0, 0.1) is 0 Å². The van der Waals surface area contributed by atoms with Crippen LogP contribution in [0.2, 0.25) is 0 Å². The lowest BCUT2D eigenvalue weighted by Crippen LogP contribution is -2.23. The van der Waals surface area contributed by atoms with Crippen molar-refractivity contribution in [1.82, 2.24) is 10.2 Å². The van der Waals surface area contributed by atoms with Crippen LogP contribution < -0.4 is 17.0 Å². The van der Waals surface area contributed by atoms with Gasteiger partial charge < -0.3 is 16.6 Å². The van der Waals surface area contributed by atoms with E-state index in [0.717, 1.165) is 12.0 Å². The Morgan fingerprint density at radius 1 is 1.54 bits per heavy atom. The molecule has 0 amide bonds. The SMILES string of the molecule is NC(N)=NCCCc1c[nH][nH]c1=O. The lowest BCUT2D eigenvalue weighted by atomic mass is 10.2. The Bertz CT molecular complexity index is 333. The second-order valence-corrected chi connectivity index (χ2v) is 2.68. The molecule has 6 heteroatoms. The summed E-state index contributed by atoms with van der Waals surface area (Å²) < 4.78 is 0. The number of aliphatic imine (C=N–C) groups is 1. The third-order valence-electron chi connectivity index (χ3n) is 1.62. The van der Waals surface area contributed by atoms with E-state index in [1.807, 2.05) is 0 Å². The maximum absolute atomic E-state index is 11.0. The number of aryl methyl sites for hydroxylation is 1. The highest BCUT2D eigenvalue weighted by Crippen LogP contribution is 1.93. The topological polar surface area (TPSA) is 113 Å². The third kappa shape index (κ3) is 3.02. The van der Waals surface area contributed by atoms with E-state index in [4.69, 9.17) is 11.5 Å². The van der Waals surface area contributed by atoms with E-state index >= 15 is 0 Å². The molecule has 0 unspecified atom stereocenters. The lowest BCUT2D eigenvalue weighted by molar-refractivity contribution is 0.827. The number of aromatic nitrogens is 2. The van der Waals surface area contributed by atoms with Gasteiger partial charge in [-0.05, 0) is 12.8 Å². The Morgan fingerprint density at radius 3 is 2.85 bits per heavy atom. The number of hydrogen-bond donors (Lipinski definition) is 4. The monoisotopic (exact) mass is 183 g/mol. The van der Waals surface area contributed by atoms with Crippen LogP contribution in [0.25, 0.3) is 0 Å². The molecule has 6 N–H and O–H groups in total. The molecule has 1 aromatic rings. The number of nitrogens with two attached hydrogens (primary N) is 2. The highest BCUT2D eigenvalue weighted by molar-refractivity contribution is 5.75. The van der Waals surface area contributed by atoms with Crippen molar-refractivity contribution >= 4 is 5.96 Å². The predicted octanol–water partition coefficient (Wildman–Crippen LogP) is -1.09. The van der Waals surface area contributed by atoms with E-state index in [0.29, 0.717) is 13.0 Å². The molecule has 0 saturated heterocycles. The average molecular weight is 183 g/mol. The van der Waals surface area contributed by atoms with E-state index in [-0.39, 0.29) is 11.5 Å². The number of rotatable bonds is 4. The van der Waals surface area contributed by atoms with Gasteiger partial charge in [-0.2, -0.15) is 0 Å². The van der Waals surface area contributed by atoms with Crippen molar-refractivity contribution in [3.8, 4) is 0 Å². The highest BCUT2D eigenvalue weighted by atomic mass is 16.1. The van der Waals surface area contributed by atoms with Crippen LogP contribution in [0.1, 0.15) is 12.0 Å². The zero-order chi connectivity index (χ0) is 9.68. The van der Waals surface area contributed by atoms with Crippen molar-refractivity contribution in [3.63, 3.8) is 0 Å². The number of nitrogens with one attached hydrogen (secondary N) is 2. The first-order valence-electron chi connectivity index (χ1n) is 4.00. The van der Waals surface area contributed by atoms with Crippen LogP contribution in [-0.2, 0) is 6.42 Å². The molecule has 1 aromatic heterocycles. The smallest absolute Gasteiger partial charge is 0.267 e. The van der Waals surface area contributed by atoms with Crippen LogP contribution in [0.4, 0.5) is 0 Å². The number of nitrogens with zero attached hydrogens (tertiary/aromatic N) is 1. The molecule has 0 saturated carbocycles. The van der Waals surface area contributed by atoms with Gasteiger partial charge in [0.1, 0.15) is 0 Å². The molecule has 1 rings (SSSR count). The summed E-state index contributed by atoms with van der Waals surface area (Å²) in [6, 6.07) is 0. The molecular weight excluding hydrogens is 170 g/mol. The highest BCUT2D eigenvalue weighted by Gasteiger charge is 1.98. The predicted molar refractivity (Wildman–Crippen MR) is 50.4 cm³/mol. The van der Waals surface area contributed by atoms with Gasteiger partial charge in [0.05, 0.1) is 0 Å². The molecule has 0 atom stereocenters. The molecule has 0 aliphatic rings. The fraction of sp³-hybridized carbons (Fsp3) is 0.429. The Hall–Kier alpha value is -1.72. The van der Waals surface area contributed by atoms with Gasteiger partial charge in [-0.3, -0.25) is 14.9 Å². The van der Waals surface area contributed by atoms with Gasteiger partial charge in [-0.15, -0.1) is 0 Å². The summed E-state index contributed by atoms with van der Waals surface area (Å²) in [5.41, 5.74) is 10.9. The summed E-state index contributed by atoms with van der Waals surface area (Å²) in [6.45, 7) is 0.549. The van der Waals surface area contributed by atoms with Gasteiger partial charge >= 0.3 is 0 Å². The van der Waals surface area contributed by atoms with Crippen molar-refractivity contribution in [1.29, 1.82) is 0 Å². The van der Waals surface area contributed by atoms with Gasteiger partial charge in [0, 0.05) is 18.3 Å². The molecule has 0 aliphatic heterocycles. The Morgan fingerprint density at radius 2 is 2.31 bits per heavy atom. The van der Waals surface area contributed by atoms with Gasteiger partial charge in [-0.1, -0.05) is 0 Å². The zero-order valence-electron chi connectivity index (χ0n) is 7.21. The molecular formula is C7H13N5O. The Labute approximate surface area is 75.0 Å². The molecule has 0 bridgehead atoms. The minimum absolute atomic E-state index is 0.0790. The number of guanidine groups is 1. The first-order valence-corrected chi connectivity index (χ1v) is 4.00. The van der Waals surface area contributed by atoms with E-state index in [1.54, 1.807) is 6.20 Å². The van der Waals surface area contributed by atoms with Crippen molar-refractivity contribution in [2.24, 2.45) is 16.5 Å². The molecule has 0 aromatic carbocycles. The number of hydrogen-bond acceptors (Lipinski definition) is 2. The van der Waals surface area contributed by atoms with Crippen LogP contribution >= 0.6 is 0 Å². The first kappa shape index (κ1) is 9.37.